The normalized spacial score (nSPS) is 14.2. The quantitative estimate of drug-likeness (QED) is 0.548. The lowest BCUT2D eigenvalue weighted by Crippen LogP contribution is -2.31. The molecule has 0 aliphatic carbocycles. The van der Waals surface area contributed by atoms with E-state index in [-0.39, 0.29) is 5.91 Å². The zero-order valence-electron chi connectivity index (χ0n) is 18.0. The monoisotopic (exact) mass is 415 g/mol. The van der Waals surface area contributed by atoms with E-state index in [2.05, 4.69) is 45.5 Å². The van der Waals surface area contributed by atoms with Gasteiger partial charge in [0.1, 0.15) is 5.69 Å². The first-order valence-electron chi connectivity index (χ1n) is 10.9. The highest BCUT2D eigenvalue weighted by Gasteiger charge is 2.16. The number of amides is 1. The fraction of sp³-hybridized carbons (Fsp3) is 0.320. The maximum absolute atomic E-state index is 12.7. The molecule has 1 aliphatic heterocycles. The van der Waals surface area contributed by atoms with Crippen molar-refractivity contribution in [2.75, 3.05) is 25.0 Å². The summed E-state index contributed by atoms with van der Waals surface area (Å²) in [5.74, 6) is -0.0499. The molecule has 31 heavy (non-hydrogen) atoms. The van der Waals surface area contributed by atoms with Gasteiger partial charge in [-0.15, -0.1) is 5.10 Å². The minimum atomic E-state index is -0.0499. The van der Waals surface area contributed by atoms with Crippen molar-refractivity contribution in [2.45, 2.75) is 32.4 Å². The molecule has 160 valence electrons. The molecule has 0 radical (unpaired) electrons. The first-order chi connectivity index (χ1) is 15.2. The molecule has 0 bridgehead atoms. The van der Waals surface area contributed by atoms with Crippen LogP contribution in [0.25, 0.3) is 6.08 Å². The molecular weight excluding hydrogens is 386 g/mol. The summed E-state index contributed by atoms with van der Waals surface area (Å²) in [6, 6.07) is 18.5. The summed E-state index contributed by atoms with van der Waals surface area (Å²) in [6.07, 6.45) is 8.91. The summed E-state index contributed by atoms with van der Waals surface area (Å²) in [7, 11) is 1.84. The molecule has 2 heterocycles. The smallest absolute Gasteiger partial charge is 0.246 e. The lowest BCUT2D eigenvalue weighted by atomic mass is 10.1. The van der Waals surface area contributed by atoms with Crippen molar-refractivity contribution in [1.29, 1.82) is 0 Å². The van der Waals surface area contributed by atoms with Crippen LogP contribution in [0.4, 0.5) is 5.69 Å². The number of anilines is 1. The molecule has 0 atom stereocenters. The molecule has 1 saturated heterocycles. The number of rotatable bonds is 7. The molecule has 1 aromatic heterocycles. The van der Waals surface area contributed by atoms with E-state index in [0.717, 1.165) is 18.7 Å². The molecule has 0 unspecified atom stereocenters. The number of hydrogen-bond donors (Lipinski definition) is 0. The van der Waals surface area contributed by atoms with Gasteiger partial charge in [-0.2, -0.15) is 0 Å². The average molecular weight is 416 g/mol. The summed E-state index contributed by atoms with van der Waals surface area (Å²) < 4.78 is 1.78. The van der Waals surface area contributed by atoms with Crippen LogP contribution in [0.2, 0.25) is 0 Å². The number of nitrogens with zero attached hydrogens (tertiary/aromatic N) is 5. The van der Waals surface area contributed by atoms with Crippen molar-refractivity contribution in [3.63, 3.8) is 0 Å². The molecule has 0 N–H and O–H groups in total. The number of para-hydroxylation sites is 1. The van der Waals surface area contributed by atoms with E-state index < -0.39 is 0 Å². The van der Waals surface area contributed by atoms with Gasteiger partial charge in [0, 0.05) is 38.4 Å². The Morgan fingerprint density at radius 3 is 2.58 bits per heavy atom. The minimum absolute atomic E-state index is 0.0499. The maximum atomic E-state index is 12.7. The Hall–Kier alpha value is -3.41. The minimum Gasteiger partial charge on any atom is -0.371 e. The van der Waals surface area contributed by atoms with E-state index in [1.165, 1.54) is 30.5 Å². The van der Waals surface area contributed by atoms with Crippen LogP contribution in [-0.4, -0.2) is 45.9 Å². The standard InChI is InChI=1S/C25H29N5O/c1-28(19-22-12-6-7-13-24(22)29-16-8-3-9-17-29)25(31)15-14-23-20-30(27-26-23)18-21-10-4-2-5-11-21/h2,4-7,10-15,20H,3,8-9,16-19H2,1H3. The zero-order valence-corrected chi connectivity index (χ0v) is 18.0. The predicted octanol–water partition coefficient (Wildman–Crippen LogP) is 3.99. The van der Waals surface area contributed by atoms with Gasteiger partial charge in [0.2, 0.25) is 5.91 Å². The molecule has 2 aromatic carbocycles. The third kappa shape index (κ3) is 5.60. The Bertz CT molecular complexity index is 1020. The lowest BCUT2D eigenvalue weighted by molar-refractivity contribution is -0.125. The largest absolute Gasteiger partial charge is 0.371 e. The van der Waals surface area contributed by atoms with Gasteiger partial charge < -0.3 is 9.80 Å². The molecule has 6 heteroatoms. The van der Waals surface area contributed by atoms with Crippen LogP contribution in [0.15, 0.2) is 66.9 Å². The average Bonchev–Trinajstić information content (AvgIpc) is 3.26. The van der Waals surface area contributed by atoms with Crippen LogP contribution in [0, 0.1) is 0 Å². The van der Waals surface area contributed by atoms with Crippen LogP contribution in [0.1, 0.15) is 36.1 Å². The summed E-state index contributed by atoms with van der Waals surface area (Å²) in [4.78, 5) is 16.9. The number of carbonyl (C=O) groups is 1. The van der Waals surface area contributed by atoms with Gasteiger partial charge in [-0.1, -0.05) is 53.7 Å². The number of carbonyl (C=O) groups excluding carboxylic acids is 1. The topological polar surface area (TPSA) is 54.3 Å². The second kappa shape index (κ2) is 10.1. The van der Waals surface area contributed by atoms with E-state index in [9.17, 15) is 4.79 Å². The van der Waals surface area contributed by atoms with Crippen molar-refractivity contribution < 1.29 is 4.79 Å². The molecular formula is C25H29N5O. The summed E-state index contributed by atoms with van der Waals surface area (Å²) in [5, 5.41) is 8.30. The predicted molar refractivity (Wildman–Crippen MR) is 124 cm³/mol. The third-order valence-electron chi connectivity index (χ3n) is 5.61. The van der Waals surface area contributed by atoms with Gasteiger partial charge in [-0.25, -0.2) is 4.68 Å². The molecule has 3 aromatic rings. The number of likely N-dealkylation sites (N-methyl/N-ethyl adjacent to an activating group) is 1. The lowest BCUT2D eigenvalue weighted by Gasteiger charge is -2.31. The van der Waals surface area contributed by atoms with Gasteiger partial charge in [-0.3, -0.25) is 4.79 Å². The number of piperidine rings is 1. The van der Waals surface area contributed by atoms with Crippen molar-refractivity contribution in [1.82, 2.24) is 19.9 Å². The van der Waals surface area contributed by atoms with Crippen LogP contribution in [0.3, 0.4) is 0 Å². The van der Waals surface area contributed by atoms with E-state index in [1.54, 1.807) is 21.7 Å². The number of hydrogen-bond acceptors (Lipinski definition) is 4. The number of aromatic nitrogens is 3. The fourth-order valence-electron chi connectivity index (χ4n) is 3.94. The Kier molecular flexibility index (Phi) is 6.77. The second-order valence-electron chi connectivity index (χ2n) is 8.03. The van der Waals surface area contributed by atoms with E-state index in [0.29, 0.717) is 18.8 Å². The fourth-order valence-corrected chi connectivity index (χ4v) is 3.94. The third-order valence-corrected chi connectivity index (χ3v) is 5.61. The van der Waals surface area contributed by atoms with E-state index in [1.807, 2.05) is 37.5 Å². The second-order valence-corrected chi connectivity index (χ2v) is 8.03. The summed E-state index contributed by atoms with van der Waals surface area (Å²) in [6.45, 7) is 3.42. The Labute approximate surface area is 183 Å². The Morgan fingerprint density at radius 2 is 1.77 bits per heavy atom. The van der Waals surface area contributed by atoms with Gasteiger partial charge in [-0.05, 0) is 42.5 Å². The van der Waals surface area contributed by atoms with Crippen molar-refractivity contribution in [2.24, 2.45) is 0 Å². The Balaban J connectivity index is 1.37. The molecule has 1 fully saturated rings. The molecule has 4 rings (SSSR count). The maximum Gasteiger partial charge on any atom is 0.246 e. The molecule has 1 aliphatic rings. The van der Waals surface area contributed by atoms with Gasteiger partial charge in [0.15, 0.2) is 0 Å². The highest BCUT2D eigenvalue weighted by molar-refractivity contribution is 5.91. The summed E-state index contributed by atoms with van der Waals surface area (Å²) >= 11 is 0. The van der Waals surface area contributed by atoms with E-state index >= 15 is 0 Å². The van der Waals surface area contributed by atoms with Gasteiger partial charge in [0.25, 0.3) is 0 Å². The number of benzene rings is 2. The van der Waals surface area contributed by atoms with Gasteiger partial charge >= 0.3 is 0 Å². The van der Waals surface area contributed by atoms with Crippen LogP contribution in [0.5, 0.6) is 0 Å². The van der Waals surface area contributed by atoms with E-state index in [4.69, 9.17) is 0 Å². The first kappa shape index (κ1) is 20.8. The SMILES string of the molecule is CN(Cc1ccccc1N1CCCCC1)C(=O)C=Cc1cn(Cc2ccccc2)nn1. The van der Waals surface area contributed by atoms with Crippen LogP contribution >= 0.6 is 0 Å². The zero-order chi connectivity index (χ0) is 21.5. The first-order valence-corrected chi connectivity index (χ1v) is 10.9. The molecule has 1 amide bonds. The molecule has 0 spiro atoms. The van der Waals surface area contributed by atoms with Crippen molar-refractivity contribution in [3.05, 3.63) is 83.7 Å². The highest BCUT2D eigenvalue weighted by Crippen LogP contribution is 2.25. The van der Waals surface area contributed by atoms with Crippen molar-refractivity contribution >= 4 is 17.7 Å². The van der Waals surface area contributed by atoms with Crippen LogP contribution in [-0.2, 0) is 17.9 Å². The van der Waals surface area contributed by atoms with Crippen molar-refractivity contribution in [3.8, 4) is 0 Å². The van der Waals surface area contributed by atoms with Crippen LogP contribution < -0.4 is 4.90 Å². The Morgan fingerprint density at radius 1 is 1.03 bits per heavy atom. The molecule has 0 saturated carbocycles. The van der Waals surface area contributed by atoms with Gasteiger partial charge in [0.05, 0.1) is 12.7 Å². The highest BCUT2D eigenvalue weighted by atomic mass is 16.2. The summed E-state index contributed by atoms with van der Waals surface area (Å²) in [5.41, 5.74) is 4.26. The molecule has 6 nitrogen and oxygen atoms in total.